The molecule has 1 aliphatic rings. The van der Waals surface area contributed by atoms with Crippen LogP contribution in [0.2, 0.25) is 0 Å². The molecule has 1 fully saturated rings. The van der Waals surface area contributed by atoms with E-state index in [1.807, 2.05) is 32.0 Å². The first-order valence-corrected chi connectivity index (χ1v) is 9.13. The average Bonchev–Trinajstić information content (AvgIpc) is 2.57. The molecule has 132 valence electrons. The van der Waals surface area contributed by atoms with E-state index in [0.29, 0.717) is 5.69 Å². The van der Waals surface area contributed by atoms with Gasteiger partial charge in [0.25, 0.3) is 5.91 Å². The first kappa shape index (κ1) is 18.4. The van der Waals surface area contributed by atoms with Gasteiger partial charge in [-0.3, -0.25) is 19.5 Å². The monoisotopic (exact) mass is 429 g/mol. The van der Waals surface area contributed by atoms with Crippen LogP contribution in [0.15, 0.2) is 51.9 Å². The molecule has 3 rings (SSSR count). The van der Waals surface area contributed by atoms with Gasteiger partial charge in [0.1, 0.15) is 0 Å². The van der Waals surface area contributed by atoms with E-state index in [9.17, 15) is 9.59 Å². The molecule has 0 aromatic heterocycles. The minimum atomic E-state index is -1.04. The molecule has 0 spiro atoms. The summed E-state index contributed by atoms with van der Waals surface area (Å²) in [4.78, 5) is 30.8. The van der Waals surface area contributed by atoms with E-state index in [-0.39, 0.29) is 5.11 Å². The van der Waals surface area contributed by atoms with E-state index in [1.165, 1.54) is 11.1 Å². The molecule has 0 saturated carbocycles. The Morgan fingerprint density at radius 3 is 2.50 bits per heavy atom. The maximum absolute atomic E-state index is 12.9. The second-order valence-corrected chi connectivity index (χ2v) is 7.29. The number of thiocarbonyl (C=S) groups is 1. The normalized spacial score (nSPS) is 17.7. The summed E-state index contributed by atoms with van der Waals surface area (Å²) in [6.07, 6.45) is 1.38. The predicted octanol–water partition coefficient (Wildman–Crippen LogP) is 3.83. The molecular formula is C19H16BrN3O2S. The maximum atomic E-state index is 12.9. The molecule has 0 aliphatic carbocycles. The molecule has 0 radical (unpaired) electrons. The molecule has 0 unspecified atom stereocenters. The third-order valence-electron chi connectivity index (χ3n) is 4.00. The summed E-state index contributed by atoms with van der Waals surface area (Å²) in [5.41, 5.74) is 3.41. The molecule has 1 N–H and O–H groups in total. The van der Waals surface area contributed by atoms with Crippen molar-refractivity contribution >= 4 is 62.7 Å². The number of benzene rings is 2. The van der Waals surface area contributed by atoms with Gasteiger partial charge in [0, 0.05) is 10.7 Å². The van der Waals surface area contributed by atoms with Crippen molar-refractivity contribution in [2.24, 2.45) is 10.9 Å². The van der Waals surface area contributed by atoms with Crippen LogP contribution < -0.4 is 10.2 Å². The number of halogens is 1. The zero-order valence-corrected chi connectivity index (χ0v) is 16.6. The van der Waals surface area contributed by atoms with E-state index in [2.05, 4.69) is 26.2 Å². The number of aliphatic imine (C=N–C) groups is 1. The van der Waals surface area contributed by atoms with E-state index in [4.69, 9.17) is 12.2 Å². The number of nitrogens with zero attached hydrogens (tertiary/aromatic N) is 2. The van der Waals surface area contributed by atoms with Crippen LogP contribution in [0.3, 0.4) is 0 Å². The molecule has 0 bridgehead atoms. The first-order valence-electron chi connectivity index (χ1n) is 7.92. The second-order valence-electron chi connectivity index (χ2n) is 5.99. The van der Waals surface area contributed by atoms with Crippen LogP contribution in [0, 0.1) is 19.8 Å². The van der Waals surface area contributed by atoms with Crippen molar-refractivity contribution < 1.29 is 9.59 Å². The Labute approximate surface area is 165 Å². The number of aryl methyl sites for hydroxylation is 2. The lowest BCUT2D eigenvalue weighted by atomic mass is 10.1. The maximum Gasteiger partial charge on any atom is 0.251 e. The van der Waals surface area contributed by atoms with Crippen molar-refractivity contribution in [2.45, 2.75) is 13.8 Å². The Hall–Kier alpha value is -2.38. The standard InChI is InChI=1S/C19H16BrN3O2S/c1-11-3-8-16(12(2)9-11)21-10-15-17(24)22-19(26)23(18(15)25)14-6-4-13(20)5-7-14/h3-10,15H,1-2H3,(H,22,24,26)/t15-/m0/s1. The van der Waals surface area contributed by atoms with Crippen LogP contribution in [0.25, 0.3) is 0 Å². The molecule has 1 heterocycles. The van der Waals surface area contributed by atoms with Gasteiger partial charge in [0.2, 0.25) is 5.91 Å². The molecule has 7 heteroatoms. The van der Waals surface area contributed by atoms with E-state index < -0.39 is 17.7 Å². The highest BCUT2D eigenvalue weighted by atomic mass is 79.9. The highest BCUT2D eigenvalue weighted by Crippen LogP contribution is 2.24. The van der Waals surface area contributed by atoms with Crippen molar-refractivity contribution in [2.75, 3.05) is 4.90 Å². The Kier molecular flexibility index (Phi) is 5.29. The zero-order chi connectivity index (χ0) is 18.8. The van der Waals surface area contributed by atoms with Gasteiger partial charge in [-0.15, -0.1) is 0 Å². The van der Waals surface area contributed by atoms with Crippen LogP contribution in [0.4, 0.5) is 11.4 Å². The minimum Gasteiger partial charge on any atom is -0.301 e. The summed E-state index contributed by atoms with van der Waals surface area (Å²) in [5.74, 6) is -1.93. The van der Waals surface area contributed by atoms with Crippen LogP contribution >= 0.6 is 28.1 Å². The van der Waals surface area contributed by atoms with Crippen molar-refractivity contribution in [3.63, 3.8) is 0 Å². The number of carbonyl (C=O) groups excluding carboxylic acids is 2. The molecule has 1 atom stereocenters. The summed E-state index contributed by atoms with van der Waals surface area (Å²) in [6.45, 7) is 3.93. The van der Waals surface area contributed by atoms with Crippen molar-refractivity contribution in [1.82, 2.24) is 5.32 Å². The van der Waals surface area contributed by atoms with Gasteiger partial charge in [0.05, 0.1) is 11.4 Å². The molecule has 2 aromatic carbocycles. The number of amides is 2. The van der Waals surface area contributed by atoms with Gasteiger partial charge >= 0.3 is 0 Å². The number of hydrogen-bond acceptors (Lipinski definition) is 4. The van der Waals surface area contributed by atoms with Crippen LogP contribution in [0.5, 0.6) is 0 Å². The summed E-state index contributed by atoms with van der Waals surface area (Å²) in [5, 5.41) is 2.65. The fourth-order valence-electron chi connectivity index (χ4n) is 2.66. The Bertz CT molecular complexity index is 925. The quantitative estimate of drug-likeness (QED) is 0.458. The molecule has 1 saturated heterocycles. The Morgan fingerprint density at radius 2 is 1.85 bits per heavy atom. The van der Waals surface area contributed by atoms with Gasteiger partial charge in [0.15, 0.2) is 11.0 Å². The van der Waals surface area contributed by atoms with E-state index >= 15 is 0 Å². The minimum absolute atomic E-state index is 0.0680. The van der Waals surface area contributed by atoms with Gasteiger partial charge in [-0.1, -0.05) is 33.6 Å². The van der Waals surface area contributed by atoms with Crippen LogP contribution in [-0.2, 0) is 9.59 Å². The smallest absolute Gasteiger partial charge is 0.251 e. The summed E-state index contributed by atoms with van der Waals surface area (Å²) < 4.78 is 0.883. The topological polar surface area (TPSA) is 61.8 Å². The third kappa shape index (κ3) is 3.73. The second kappa shape index (κ2) is 7.47. The lowest BCUT2D eigenvalue weighted by molar-refractivity contribution is -0.130. The fourth-order valence-corrected chi connectivity index (χ4v) is 3.22. The molecule has 2 amide bonds. The lowest BCUT2D eigenvalue weighted by Crippen LogP contribution is -2.58. The van der Waals surface area contributed by atoms with Crippen molar-refractivity contribution in [3.8, 4) is 0 Å². The molecular weight excluding hydrogens is 414 g/mol. The fraction of sp³-hybridized carbons (Fsp3) is 0.158. The Balaban J connectivity index is 1.90. The number of nitrogens with one attached hydrogen (secondary N) is 1. The number of hydrogen-bond donors (Lipinski definition) is 1. The SMILES string of the molecule is Cc1ccc(N=C[C@H]2C(=O)NC(=S)N(c3ccc(Br)cc3)C2=O)c(C)c1. The number of rotatable bonds is 3. The van der Waals surface area contributed by atoms with Crippen LogP contribution in [0.1, 0.15) is 11.1 Å². The van der Waals surface area contributed by atoms with E-state index in [0.717, 1.165) is 21.3 Å². The van der Waals surface area contributed by atoms with E-state index in [1.54, 1.807) is 24.3 Å². The summed E-state index contributed by atoms with van der Waals surface area (Å²) >= 11 is 8.54. The number of carbonyl (C=O) groups is 2. The van der Waals surface area contributed by atoms with Crippen molar-refractivity contribution in [1.29, 1.82) is 0 Å². The predicted molar refractivity (Wildman–Crippen MR) is 110 cm³/mol. The lowest BCUT2D eigenvalue weighted by Gasteiger charge is -2.30. The molecule has 1 aliphatic heterocycles. The summed E-state index contributed by atoms with van der Waals surface area (Å²) in [7, 11) is 0. The molecule has 5 nitrogen and oxygen atoms in total. The highest BCUT2D eigenvalue weighted by molar-refractivity contribution is 9.10. The molecule has 26 heavy (non-hydrogen) atoms. The Morgan fingerprint density at radius 1 is 1.15 bits per heavy atom. The van der Waals surface area contributed by atoms with Gasteiger partial charge in [-0.25, -0.2) is 0 Å². The largest absolute Gasteiger partial charge is 0.301 e. The van der Waals surface area contributed by atoms with Gasteiger partial charge in [-0.05, 0) is 62.0 Å². The van der Waals surface area contributed by atoms with Gasteiger partial charge in [-0.2, -0.15) is 0 Å². The summed E-state index contributed by atoms with van der Waals surface area (Å²) in [6, 6.07) is 12.9. The molecule has 2 aromatic rings. The van der Waals surface area contributed by atoms with Gasteiger partial charge < -0.3 is 5.32 Å². The average molecular weight is 430 g/mol. The highest BCUT2D eigenvalue weighted by Gasteiger charge is 2.38. The zero-order valence-electron chi connectivity index (χ0n) is 14.2. The number of anilines is 1. The van der Waals surface area contributed by atoms with Crippen molar-refractivity contribution in [3.05, 3.63) is 58.1 Å². The first-order chi connectivity index (χ1) is 12.4. The van der Waals surface area contributed by atoms with Crippen LogP contribution in [-0.4, -0.2) is 23.1 Å². The third-order valence-corrected chi connectivity index (χ3v) is 4.82.